The van der Waals surface area contributed by atoms with Gasteiger partial charge in [0.15, 0.2) is 5.69 Å². The van der Waals surface area contributed by atoms with Crippen LogP contribution >= 0.6 is 0 Å². The van der Waals surface area contributed by atoms with E-state index < -0.39 is 11.8 Å². The minimum atomic E-state index is -0.598. The summed E-state index contributed by atoms with van der Waals surface area (Å²) in [5.41, 5.74) is 5.52. The van der Waals surface area contributed by atoms with Crippen LogP contribution in [-0.4, -0.2) is 28.7 Å². The van der Waals surface area contributed by atoms with Gasteiger partial charge in [0.2, 0.25) is 5.91 Å². The molecule has 0 aliphatic carbocycles. The van der Waals surface area contributed by atoms with E-state index in [9.17, 15) is 14.4 Å². The number of methoxy groups -OCH3 is 1. The third kappa shape index (κ3) is 4.27. The van der Waals surface area contributed by atoms with Crippen molar-refractivity contribution in [2.24, 2.45) is 0 Å². The highest BCUT2D eigenvalue weighted by atomic mass is 16.5. The van der Waals surface area contributed by atoms with E-state index in [2.05, 4.69) is 16.0 Å². The van der Waals surface area contributed by atoms with Crippen LogP contribution in [0.2, 0.25) is 0 Å². The summed E-state index contributed by atoms with van der Waals surface area (Å²) in [7, 11) is 1.62. The van der Waals surface area contributed by atoms with Gasteiger partial charge in [-0.2, -0.15) is 5.10 Å². The number of carbonyl (C=O) groups excluding carboxylic acids is 2. The number of nitrogens with zero attached hydrogens (tertiary/aromatic N) is 2. The number of rotatable bonds is 5. The molecule has 4 aromatic rings. The summed E-state index contributed by atoms with van der Waals surface area (Å²) >= 11 is 0. The third-order valence-corrected chi connectivity index (χ3v) is 5.65. The molecule has 0 unspecified atom stereocenters. The molecule has 0 radical (unpaired) electrons. The van der Waals surface area contributed by atoms with Gasteiger partial charge < -0.3 is 4.74 Å². The van der Waals surface area contributed by atoms with Crippen LogP contribution in [-0.2, 0) is 11.3 Å². The largest absolute Gasteiger partial charge is 0.497 e. The summed E-state index contributed by atoms with van der Waals surface area (Å²) < 4.78 is 6.48. The second-order valence-corrected chi connectivity index (χ2v) is 7.65. The highest BCUT2D eigenvalue weighted by Gasteiger charge is 2.20. The number of aromatic nitrogens is 2. The number of carbonyl (C=O) groups is 2. The fraction of sp³-hybridized carbons (Fsp3) is 0.200. The molecule has 2 amide bonds. The minimum absolute atomic E-state index is 0.0691. The number of benzene rings is 3. The number of aryl methyl sites for hydroxylation is 1. The molecule has 0 fully saturated rings. The first-order valence-corrected chi connectivity index (χ1v) is 10.6. The second-order valence-electron chi connectivity index (χ2n) is 7.65. The molecular formula is C25H24N4O4. The Morgan fingerprint density at radius 1 is 1.00 bits per heavy atom. The van der Waals surface area contributed by atoms with Crippen LogP contribution in [0.4, 0.5) is 0 Å². The van der Waals surface area contributed by atoms with Gasteiger partial charge in [-0.25, -0.2) is 4.68 Å². The quantitative estimate of drug-likeness (QED) is 0.461. The van der Waals surface area contributed by atoms with Crippen LogP contribution in [0.1, 0.15) is 35.8 Å². The van der Waals surface area contributed by atoms with Crippen molar-refractivity contribution in [3.05, 3.63) is 82.3 Å². The Hall–Kier alpha value is -4.20. The molecule has 0 saturated heterocycles. The average molecular weight is 444 g/mol. The van der Waals surface area contributed by atoms with Gasteiger partial charge in [-0.15, -0.1) is 0 Å². The maximum Gasteiger partial charge on any atom is 0.290 e. The van der Waals surface area contributed by atoms with Crippen LogP contribution < -0.4 is 21.1 Å². The van der Waals surface area contributed by atoms with Gasteiger partial charge in [0.05, 0.1) is 18.4 Å². The van der Waals surface area contributed by atoms with Crippen LogP contribution in [0.15, 0.2) is 65.5 Å². The summed E-state index contributed by atoms with van der Waals surface area (Å²) in [5, 5.41) is 6.99. The molecule has 0 aliphatic heterocycles. The molecule has 0 aliphatic rings. The van der Waals surface area contributed by atoms with Gasteiger partial charge in [-0.1, -0.05) is 42.5 Å². The van der Waals surface area contributed by atoms with Crippen LogP contribution in [0.5, 0.6) is 5.75 Å². The van der Waals surface area contributed by atoms with Crippen LogP contribution in [0.3, 0.4) is 0 Å². The molecule has 1 aromatic heterocycles. The normalized spacial score (nSPS) is 11.8. The Labute approximate surface area is 190 Å². The van der Waals surface area contributed by atoms with Gasteiger partial charge in [-0.05, 0) is 48.4 Å². The minimum Gasteiger partial charge on any atom is -0.497 e. The van der Waals surface area contributed by atoms with Gasteiger partial charge in [0.1, 0.15) is 5.75 Å². The predicted octanol–water partition coefficient (Wildman–Crippen LogP) is 3.14. The zero-order chi connectivity index (χ0) is 23.5. The van der Waals surface area contributed by atoms with Crippen molar-refractivity contribution in [3.63, 3.8) is 0 Å². The fourth-order valence-corrected chi connectivity index (χ4v) is 3.69. The molecule has 168 valence electrons. The first kappa shape index (κ1) is 22.0. The van der Waals surface area contributed by atoms with E-state index in [0.29, 0.717) is 17.3 Å². The maximum atomic E-state index is 12.8. The van der Waals surface area contributed by atoms with Crippen molar-refractivity contribution >= 4 is 33.4 Å². The maximum absolute atomic E-state index is 12.8. The SMILES string of the molecule is CCn1nc(C(=O)NNC(=O)[C@@H](C)c2ccc3cc(OC)ccc3c2)c2ccccc2c1=O. The first-order valence-electron chi connectivity index (χ1n) is 10.6. The lowest BCUT2D eigenvalue weighted by molar-refractivity contribution is -0.123. The average Bonchev–Trinajstić information content (AvgIpc) is 2.86. The van der Waals surface area contributed by atoms with Gasteiger partial charge >= 0.3 is 0 Å². The molecule has 3 aromatic carbocycles. The molecule has 8 heteroatoms. The number of hydrogen-bond acceptors (Lipinski definition) is 5. The number of fused-ring (bicyclic) bond motifs is 2. The number of ether oxygens (including phenoxy) is 1. The van der Waals surface area contributed by atoms with Crippen molar-refractivity contribution in [2.75, 3.05) is 7.11 Å². The van der Waals surface area contributed by atoms with Gasteiger partial charge in [0.25, 0.3) is 11.5 Å². The molecule has 1 atom stereocenters. The van der Waals surface area contributed by atoms with Crippen LogP contribution in [0.25, 0.3) is 21.5 Å². The van der Waals surface area contributed by atoms with Crippen molar-refractivity contribution in [3.8, 4) is 5.75 Å². The van der Waals surface area contributed by atoms with E-state index in [0.717, 1.165) is 22.1 Å². The number of hydrogen-bond donors (Lipinski definition) is 2. The van der Waals surface area contributed by atoms with Crippen molar-refractivity contribution in [1.82, 2.24) is 20.6 Å². The van der Waals surface area contributed by atoms with E-state index in [1.165, 1.54) is 4.68 Å². The number of nitrogens with one attached hydrogen (secondary N) is 2. The number of hydrazine groups is 1. The van der Waals surface area contributed by atoms with Gasteiger partial charge in [-0.3, -0.25) is 25.2 Å². The van der Waals surface area contributed by atoms with E-state index in [4.69, 9.17) is 4.74 Å². The Balaban J connectivity index is 1.52. The van der Waals surface area contributed by atoms with E-state index in [1.807, 2.05) is 36.4 Å². The Morgan fingerprint density at radius 3 is 2.42 bits per heavy atom. The number of amides is 2. The molecule has 33 heavy (non-hydrogen) atoms. The molecule has 0 saturated carbocycles. The lowest BCUT2D eigenvalue weighted by atomic mass is 9.97. The summed E-state index contributed by atoms with van der Waals surface area (Å²) in [6, 6.07) is 18.2. The van der Waals surface area contributed by atoms with Crippen LogP contribution in [0, 0.1) is 0 Å². The lowest BCUT2D eigenvalue weighted by Crippen LogP contribution is -2.44. The molecule has 2 N–H and O–H groups in total. The molecule has 4 rings (SSSR count). The second kappa shape index (κ2) is 9.12. The molecule has 0 bridgehead atoms. The molecule has 0 spiro atoms. The Kier molecular flexibility index (Phi) is 6.08. The Morgan fingerprint density at radius 2 is 1.70 bits per heavy atom. The zero-order valence-corrected chi connectivity index (χ0v) is 18.6. The zero-order valence-electron chi connectivity index (χ0n) is 18.6. The fourth-order valence-electron chi connectivity index (χ4n) is 3.69. The standard InChI is InChI=1S/C25H24N4O4/c1-4-29-25(32)21-8-6-5-7-20(21)22(28-29)24(31)27-26-23(30)15(2)16-9-10-18-14-19(33-3)12-11-17(18)13-16/h5-15H,4H2,1-3H3,(H,26,30)(H,27,31)/t15-/m0/s1. The van der Waals surface area contributed by atoms with E-state index >= 15 is 0 Å². The Bertz CT molecular complexity index is 1430. The summed E-state index contributed by atoms with van der Waals surface area (Å²) in [6.45, 7) is 3.85. The van der Waals surface area contributed by atoms with Gasteiger partial charge in [0, 0.05) is 11.9 Å². The highest BCUT2D eigenvalue weighted by Crippen LogP contribution is 2.25. The molecular weight excluding hydrogens is 420 g/mol. The summed E-state index contributed by atoms with van der Waals surface area (Å²) in [5.74, 6) is -0.714. The first-order chi connectivity index (χ1) is 15.9. The predicted molar refractivity (Wildman–Crippen MR) is 126 cm³/mol. The van der Waals surface area contributed by atoms with E-state index in [1.54, 1.807) is 45.2 Å². The van der Waals surface area contributed by atoms with Crippen molar-refractivity contribution in [1.29, 1.82) is 0 Å². The molecule has 8 nitrogen and oxygen atoms in total. The van der Waals surface area contributed by atoms with Crippen molar-refractivity contribution < 1.29 is 14.3 Å². The highest BCUT2D eigenvalue weighted by molar-refractivity contribution is 6.05. The smallest absolute Gasteiger partial charge is 0.290 e. The summed E-state index contributed by atoms with van der Waals surface area (Å²) in [4.78, 5) is 38.0. The lowest BCUT2D eigenvalue weighted by Gasteiger charge is -2.15. The molecule has 1 heterocycles. The summed E-state index contributed by atoms with van der Waals surface area (Å²) in [6.07, 6.45) is 0. The monoisotopic (exact) mass is 444 g/mol. The topological polar surface area (TPSA) is 102 Å². The third-order valence-electron chi connectivity index (χ3n) is 5.65. The van der Waals surface area contributed by atoms with Crippen molar-refractivity contribution in [2.45, 2.75) is 26.3 Å². The van der Waals surface area contributed by atoms with E-state index in [-0.39, 0.29) is 17.2 Å².